The smallest absolute Gasteiger partial charge is 0.110 e. The molecule has 1 aliphatic heterocycles. The molecule has 0 spiro atoms. The van der Waals surface area contributed by atoms with Crippen molar-refractivity contribution in [3.63, 3.8) is 0 Å². The number of aromatic nitrogens is 1. The minimum absolute atomic E-state index is 0.195. The molecule has 4 heteroatoms. The molecule has 12 heavy (non-hydrogen) atoms. The SMILES string of the molecule is Cc1csc(C2CC(O)CN2)n1. The van der Waals surface area contributed by atoms with Gasteiger partial charge >= 0.3 is 0 Å². The minimum atomic E-state index is -0.195. The van der Waals surface area contributed by atoms with Crippen molar-refractivity contribution in [1.29, 1.82) is 0 Å². The first-order valence-electron chi connectivity index (χ1n) is 4.09. The minimum Gasteiger partial charge on any atom is -0.392 e. The van der Waals surface area contributed by atoms with Crippen molar-refractivity contribution in [2.45, 2.75) is 25.5 Å². The monoisotopic (exact) mass is 184 g/mol. The molecule has 1 saturated heterocycles. The molecular weight excluding hydrogens is 172 g/mol. The molecule has 0 aromatic carbocycles. The molecule has 1 fully saturated rings. The fourth-order valence-electron chi connectivity index (χ4n) is 1.44. The van der Waals surface area contributed by atoms with Gasteiger partial charge in [-0.25, -0.2) is 4.98 Å². The Morgan fingerprint density at radius 1 is 1.75 bits per heavy atom. The number of rotatable bonds is 1. The fourth-order valence-corrected chi connectivity index (χ4v) is 2.32. The maximum Gasteiger partial charge on any atom is 0.110 e. The first kappa shape index (κ1) is 8.16. The quantitative estimate of drug-likeness (QED) is 0.680. The molecule has 0 amide bonds. The molecule has 2 N–H and O–H groups in total. The van der Waals surface area contributed by atoms with Gasteiger partial charge in [0.05, 0.1) is 12.1 Å². The average molecular weight is 184 g/mol. The van der Waals surface area contributed by atoms with Crippen LogP contribution in [0.4, 0.5) is 0 Å². The maximum atomic E-state index is 9.28. The number of hydrogen-bond donors (Lipinski definition) is 2. The lowest BCUT2D eigenvalue weighted by Gasteiger charge is -2.03. The van der Waals surface area contributed by atoms with Crippen molar-refractivity contribution in [1.82, 2.24) is 10.3 Å². The summed E-state index contributed by atoms with van der Waals surface area (Å²) in [5, 5.41) is 15.7. The Bertz CT molecular complexity index is 274. The van der Waals surface area contributed by atoms with E-state index in [1.165, 1.54) is 0 Å². The molecular formula is C8H12N2OS. The average Bonchev–Trinajstić information content (AvgIpc) is 2.58. The molecule has 0 bridgehead atoms. The molecule has 1 aliphatic rings. The lowest BCUT2D eigenvalue weighted by molar-refractivity contribution is 0.193. The van der Waals surface area contributed by atoms with Crippen LogP contribution in [-0.4, -0.2) is 22.7 Å². The highest BCUT2D eigenvalue weighted by Crippen LogP contribution is 2.25. The molecule has 2 atom stereocenters. The topological polar surface area (TPSA) is 45.1 Å². The Hall–Kier alpha value is -0.450. The van der Waals surface area contributed by atoms with E-state index in [-0.39, 0.29) is 12.1 Å². The molecule has 0 aliphatic carbocycles. The summed E-state index contributed by atoms with van der Waals surface area (Å²) in [5.41, 5.74) is 1.07. The van der Waals surface area contributed by atoms with E-state index in [9.17, 15) is 5.11 Å². The number of aliphatic hydroxyl groups is 1. The predicted octanol–water partition coefficient (Wildman–Crippen LogP) is 0.847. The second-order valence-corrected chi connectivity index (χ2v) is 4.07. The van der Waals surface area contributed by atoms with E-state index < -0.39 is 0 Å². The van der Waals surface area contributed by atoms with Gasteiger partial charge in [-0.05, 0) is 13.3 Å². The summed E-state index contributed by atoms with van der Waals surface area (Å²) >= 11 is 1.66. The van der Waals surface area contributed by atoms with Crippen LogP contribution in [0.5, 0.6) is 0 Å². The van der Waals surface area contributed by atoms with Gasteiger partial charge < -0.3 is 10.4 Å². The Balaban J connectivity index is 2.11. The van der Waals surface area contributed by atoms with E-state index in [0.717, 1.165) is 17.1 Å². The highest BCUT2D eigenvalue weighted by molar-refractivity contribution is 7.09. The van der Waals surface area contributed by atoms with Gasteiger partial charge in [-0.2, -0.15) is 0 Å². The highest BCUT2D eigenvalue weighted by Gasteiger charge is 2.25. The van der Waals surface area contributed by atoms with Crippen molar-refractivity contribution in [2.24, 2.45) is 0 Å². The van der Waals surface area contributed by atoms with Crippen LogP contribution >= 0.6 is 11.3 Å². The van der Waals surface area contributed by atoms with Crippen LogP contribution in [-0.2, 0) is 0 Å². The van der Waals surface area contributed by atoms with Gasteiger partial charge in [-0.1, -0.05) is 0 Å². The summed E-state index contributed by atoms with van der Waals surface area (Å²) in [6, 6.07) is 0.277. The molecule has 1 aromatic heterocycles. The fraction of sp³-hybridized carbons (Fsp3) is 0.625. The first-order valence-corrected chi connectivity index (χ1v) is 4.97. The number of hydrogen-bond acceptors (Lipinski definition) is 4. The Morgan fingerprint density at radius 2 is 2.58 bits per heavy atom. The highest BCUT2D eigenvalue weighted by atomic mass is 32.1. The lowest BCUT2D eigenvalue weighted by atomic mass is 10.2. The van der Waals surface area contributed by atoms with E-state index in [0.29, 0.717) is 6.54 Å². The van der Waals surface area contributed by atoms with E-state index in [1.807, 2.05) is 12.3 Å². The Morgan fingerprint density at radius 3 is 3.08 bits per heavy atom. The van der Waals surface area contributed by atoms with Crippen molar-refractivity contribution in [2.75, 3.05) is 6.54 Å². The second-order valence-electron chi connectivity index (χ2n) is 3.18. The summed E-state index contributed by atoms with van der Waals surface area (Å²) in [7, 11) is 0. The van der Waals surface area contributed by atoms with Gasteiger partial charge in [-0.3, -0.25) is 0 Å². The van der Waals surface area contributed by atoms with Gasteiger partial charge in [0.15, 0.2) is 0 Å². The molecule has 0 saturated carbocycles. The largest absolute Gasteiger partial charge is 0.392 e. The van der Waals surface area contributed by atoms with E-state index in [1.54, 1.807) is 11.3 Å². The molecule has 2 heterocycles. The van der Waals surface area contributed by atoms with Crippen LogP contribution in [0.3, 0.4) is 0 Å². The standard InChI is InChI=1S/C8H12N2OS/c1-5-4-12-8(10-5)7-2-6(11)3-9-7/h4,6-7,9,11H,2-3H2,1H3. The van der Waals surface area contributed by atoms with Crippen molar-refractivity contribution < 1.29 is 5.11 Å². The number of nitrogens with one attached hydrogen (secondary N) is 1. The van der Waals surface area contributed by atoms with Gasteiger partial charge in [0, 0.05) is 17.6 Å². The number of β-amino-alcohol motifs (C(OH)–C–C–N with tert-alkyl or cyclic N) is 1. The third kappa shape index (κ3) is 1.50. The van der Waals surface area contributed by atoms with Crippen LogP contribution in [0, 0.1) is 6.92 Å². The molecule has 2 unspecified atom stereocenters. The van der Waals surface area contributed by atoms with Gasteiger partial charge in [-0.15, -0.1) is 11.3 Å². The molecule has 3 nitrogen and oxygen atoms in total. The van der Waals surface area contributed by atoms with Crippen LogP contribution in [0.15, 0.2) is 5.38 Å². The molecule has 1 aromatic rings. The van der Waals surface area contributed by atoms with Crippen molar-refractivity contribution >= 4 is 11.3 Å². The maximum absolute atomic E-state index is 9.28. The number of nitrogens with zero attached hydrogens (tertiary/aromatic N) is 1. The Labute approximate surface area is 75.5 Å². The van der Waals surface area contributed by atoms with Crippen LogP contribution < -0.4 is 5.32 Å². The van der Waals surface area contributed by atoms with Gasteiger partial charge in [0.25, 0.3) is 0 Å². The number of aliphatic hydroxyl groups excluding tert-OH is 1. The van der Waals surface area contributed by atoms with Crippen LogP contribution in [0.25, 0.3) is 0 Å². The van der Waals surface area contributed by atoms with Crippen molar-refractivity contribution in [3.8, 4) is 0 Å². The normalized spacial score (nSPS) is 29.5. The first-order chi connectivity index (χ1) is 5.75. The van der Waals surface area contributed by atoms with Gasteiger partial charge in [0.1, 0.15) is 5.01 Å². The van der Waals surface area contributed by atoms with E-state index in [4.69, 9.17) is 0 Å². The van der Waals surface area contributed by atoms with Crippen LogP contribution in [0.1, 0.15) is 23.2 Å². The lowest BCUT2D eigenvalue weighted by Crippen LogP contribution is -2.14. The number of aryl methyl sites for hydroxylation is 1. The van der Waals surface area contributed by atoms with E-state index >= 15 is 0 Å². The summed E-state index contributed by atoms with van der Waals surface area (Å²) < 4.78 is 0. The van der Waals surface area contributed by atoms with E-state index in [2.05, 4.69) is 10.3 Å². The third-order valence-electron chi connectivity index (χ3n) is 2.04. The third-order valence-corrected chi connectivity index (χ3v) is 3.12. The zero-order chi connectivity index (χ0) is 8.55. The van der Waals surface area contributed by atoms with Crippen LogP contribution in [0.2, 0.25) is 0 Å². The molecule has 2 rings (SSSR count). The summed E-state index contributed by atoms with van der Waals surface area (Å²) in [5.74, 6) is 0. The van der Waals surface area contributed by atoms with Gasteiger partial charge in [0.2, 0.25) is 0 Å². The summed E-state index contributed by atoms with van der Waals surface area (Å²) in [6.45, 7) is 2.69. The molecule has 66 valence electrons. The Kier molecular flexibility index (Phi) is 2.12. The summed E-state index contributed by atoms with van der Waals surface area (Å²) in [6.07, 6.45) is 0.603. The van der Waals surface area contributed by atoms with Crippen molar-refractivity contribution in [3.05, 3.63) is 16.1 Å². The zero-order valence-corrected chi connectivity index (χ0v) is 7.77. The zero-order valence-electron chi connectivity index (χ0n) is 6.95. The number of thiazole rings is 1. The summed E-state index contributed by atoms with van der Waals surface area (Å²) in [4.78, 5) is 4.37. The second kappa shape index (κ2) is 3.12. The molecule has 0 radical (unpaired) electrons. The predicted molar refractivity (Wildman–Crippen MR) is 48.2 cm³/mol.